The van der Waals surface area contributed by atoms with Crippen LogP contribution in [0.2, 0.25) is 0 Å². The molecule has 0 spiro atoms. The highest BCUT2D eigenvalue weighted by atomic mass is 19.1. The number of carbonyl (C=O) groups is 8. The van der Waals surface area contributed by atoms with E-state index in [0.29, 0.717) is 5.52 Å². The van der Waals surface area contributed by atoms with Crippen molar-refractivity contribution in [1.29, 1.82) is 0 Å². The molecular weight excluding hydrogens is 829 g/mol. The van der Waals surface area contributed by atoms with Crippen molar-refractivity contribution in [3.05, 3.63) is 87.5 Å². The monoisotopic (exact) mass is 873 g/mol. The first-order chi connectivity index (χ1) is 29.9. The molecule has 63 heavy (non-hydrogen) atoms. The van der Waals surface area contributed by atoms with Gasteiger partial charge in [0, 0.05) is 78.5 Å². The molecule has 1 aromatic heterocycles. The predicted octanol–water partition coefficient (Wildman–Crippen LogP) is 3.22. The highest BCUT2D eigenvalue weighted by molar-refractivity contribution is 6.01. The van der Waals surface area contributed by atoms with Crippen molar-refractivity contribution in [2.24, 2.45) is 0 Å². The molecule has 2 heterocycles. The standard InChI is InChI=1S/C43H44FN5O14/c1-6-47-22-30(43(58)59)37(54)29-20-31(44)34(21-33(29)47)48-16-18-49(19-17-48)42(57)32(46-41(56)28-11-8-14-36(61-24(3)51)39(28)63-26(5)53)12-9-15-45-40(55)27-10-7-13-35(60-23(2)50)38(27)62-25(4)52/h7-8,10-11,13-14,20-22,32H,6,9,12,15-19H2,1-5H3,(H,45,55)(H,46,56)(H,58,59). The zero-order valence-corrected chi connectivity index (χ0v) is 34.9. The van der Waals surface area contributed by atoms with Crippen molar-refractivity contribution >= 4 is 64.2 Å². The van der Waals surface area contributed by atoms with Crippen LogP contribution in [0.25, 0.3) is 10.9 Å². The zero-order valence-electron chi connectivity index (χ0n) is 34.9. The zero-order chi connectivity index (χ0) is 46.1. The predicted molar refractivity (Wildman–Crippen MR) is 221 cm³/mol. The van der Waals surface area contributed by atoms with E-state index in [0.717, 1.165) is 33.8 Å². The first-order valence-electron chi connectivity index (χ1n) is 19.6. The Balaban J connectivity index is 1.37. The Kier molecular flexibility index (Phi) is 14.9. The number of para-hydroxylation sites is 2. The summed E-state index contributed by atoms with van der Waals surface area (Å²) in [7, 11) is 0. The summed E-state index contributed by atoms with van der Waals surface area (Å²) in [5.41, 5.74) is -1.23. The smallest absolute Gasteiger partial charge is 0.341 e. The van der Waals surface area contributed by atoms with Gasteiger partial charge in [0.05, 0.1) is 22.3 Å². The lowest BCUT2D eigenvalue weighted by Crippen LogP contribution is -2.55. The van der Waals surface area contributed by atoms with Gasteiger partial charge in [-0.3, -0.25) is 38.4 Å². The first kappa shape index (κ1) is 46.4. The van der Waals surface area contributed by atoms with Crippen molar-refractivity contribution in [2.45, 2.75) is 60.0 Å². The molecule has 3 aromatic carbocycles. The van der Waals surface area contributed by atoms with Crippen molar-refractivity contribution in [3.63, 3.8) is 0 Å². The summed E-state index contributed by atoms with van der Waals surface area (Å²) >= 11 is 0. The van der Waals surface area contributed by atoms with Gasteiger partial charge in [0.15, 0.2) is 23.0 Å². The van der Waals surface area contributed by atoms with E-state index < -0.39 is 70.4 Å². The van der Waals surface area contributed by atoms with Crippen LogP contribution in [-0.4, -0.2) is 101 Å². The summed E-state index contributed by atoms with van der Waals surface area (Å²) in [6.07, 6.45) is 1.23. The summed E-state index contributed by atoms with van der Waals surface area (Å²) < 4.78 is 37.9. The Morgan fingerprint density at radius 3 is 1.79 bits per heavy atom. The average molecular weight is 874 g/mol. The number of pyridine rings is 1. The number of hydrogen-bond donors (Lipinski definition) is 3. The number of anilines is 1. The molecule has 332 valence electrons. The summed E-state index contributed by atoms with van der Waals surface area (Å²) in [5, 5.41) is 14.8. The minimum Gasteiger partial charge on any atom is -0.477 e. The topological polar surface area (TPSA) is 246 Å². The van der Waals surface area contributed by atoms with Crippen LogP contribution in [-0.2, 0) is 30.5 Å². The SMILES string of the molecule is CCn1cc(C(=O)O)c(=O)c2cc(F)c(N3CCN(C(=O)C(CCCNC(=O)c4cccc(OC(C)=O)c4OC(C)=O)NC(=O)c4cccc(OC(C)=O)c4OC(C)=O)CC3)cc21. The molecule has 1 aliphatic rings. The highest BCUT2D eigenvalue weighted by Gasteiger charge is 2.32. The molecule has 0 radical (unpaired) electrons. The number of halogens is 1. The number of carboxylic acid groups (broad SMARTS) is 1. The van der Waals surface area contributed by atoms with Gasteiger partial charge < -0.3 is 49.1 Å². The van der Waals surface area contributed by atoms with Gasteiger partial charge in [-0.15, -0.1) is 0 Å². The van der Waals surface area contributed by atoms with Crippen LogP contribution < -0.4 is 39.9 Å². The van der Waals surface area contributed by atoms with Gasteiger partial charge in [-0.05, 0) is 56.2 Å². The van der Waals surface area contributed by atoms with Crippen molar-refractivity contribution in [3.8, 4) is 23.0 Å². The molecule has 0 aliphatic carbocycles. The lowest BCUT2D eigenvalue weighted by Gasteiger charge is -2.38. The number of benzene rings is 3. The third kappa shape index (κ3) is 11.2. The van der Waals surface area contributed by atoms with E-state index in [4.69, 9.17) is 18.9 Å². The van der Waals surface area contributed by atoms with E-state index >= 15 is 4.39 Å². The molecule has 0 bridgehead atoms. The van der Waals surface area contributed by atoms with Crippen molar-refractivity contribution in [2.75, 3.05) is 37.6 Å². The van der Waals surface area contributed by atoms with E-state index in [-0.39, 0.29) is 97.3 Å². The normalized spacial score (nSPS) is 12.8. The molecule has 3 N–H and O–H groups in total. The van der Waals surface area contributed by atoms with Gasteiger partial charge in [-0.25, -0.2) is 9.18 Å². The summed E-state index contributed by atoms with van der Waals surface area (Å²) in [6.45, 7) is 6.73. The van der Waals surface area contributed by atoms with Crippen LogP contribution in [0, 0.1) is 5.82 Å². The molecule has 19 nitrogen and oxygen atoms in total. The number of hydrogen-bond acceptors (Lipinski definition) is 14. The maximum Gasteiger partial charge on any atom is 0.341 e. The summed E-state index contributed by atoms with van der Waals surface area (Å²) in [6, 6.07) is 9.29. The van der Waals surface area contributed by atoms with E-state index in [1.54, 1.807) is 11.8 Å². The van der Waals surface area contributed by atoms with Crippen LogP contribution in [0.4, 0.5) is 10.1 Å². The largest absolute Gasteiger partial charge is 0.477 e. The second kappa shape index (κ2) is 20.3. The van der Waals surface area contributed by atoms with Crippen LogP contribution in [0.15, 0.2) is 59.5 Å². The number of carboxylic acids is 1. The van der Waals surface area contributed by atoms with Crippen LogP contribution >= 0.6 is 0 Å². The summed E-state index contributed by atoms with van der Waals surface area (Å²) in [5.74, 6) is -8.47. The Hall–Kier alpha value is -7.64. The number of fused-ring (bicyclic) bond motifs is 1. The second-order valence-corrected chi connectivity index (χ2v) is 14.2. The van der Waals surface area contributed by atoms with Gasteiger partial charge in [0.25, 0.3) is 11.8 Å². The van der Waals surface area contributed by atoms with Gasteiger partial charge in [0.1, 0.15) is 17.4 Å². The highest BCUT2D eigenvalue weighted by Crippen LogP contribution is 2.33. The van der Waals surface area contributed by atoms with E-state index in [2.05, 4.69) is 10.6 Å². The third-order valence-corrected chi connectivity index (χ3v) is 9.66. The quantitative estimate of drug-likeness (QED) is 0.0882. The fraction of sp³-hybridized carbons (Fsp3) is 0.326. The fourth-order valence-electron chi connectivity index (χ4n) is 6.90. The molecule has 1 aliphatic heterocycles. The summed E-state index contributed by atoms with van der Waals surface area (Å²) in [4.78, 5) is 116. The number of nitrogens with zero attached hydrogens (tertiary/aromatic N) is 3. The molecule has 4 aromatic rings. The number of aromatic nitrogens is 1. The lowest BCUT2D eigenvalue weighted by molar-refractivity contribution is -0.134. The Morgan fingerprint density at radius 1 is 0.746 bits per heavy atom. The van der Waals surface area contributed by atoms with Gasteiger partial charge in [-0.2, -0.15) is 0 Å². The minimum atomic E-state index is -1.44. The molecule has 1 fully saturated rings. The molecule has 1 atom stereocenters. The molecule has 1 saturated heterocycles. The molecular formula is C43H44FN5O14. The average Bonchev–Trinajstić information content (AvgIpc) is 3.22. The second-order valence-electron chi connectivity index (χ2n) is 14.2. The molecule has 20 heteroatoms. The van der Waals surface area contributed by atoms with E-state index in [9.17, 15) is 48.3 Å². The van der Waals surface area contributed by atoms with Gasteiger partial charge in [-0.1, -0.05) is 12.1 Å². The number of nitrogens with one attached hydrogen (secondary N) is 2. The molecule has 1 unspecified atom stereocenters. The number of aromatic carboxylic acids is 1. The van der Waals surface area contributed by atoms with Crippen LogP contribution in [0.1, 0.15) is 78.5 Å². The van der Waals surface area contributed by atoms with Crippen LogP contribution in [0.5, 0.6) is 23.0 Å². The maximum atomic E-state index is 15.6. The van der Waals surface area contributed by atoms with E-state index in [1.807, 2.05) is 0 Å². The number of aryl methyl sites for hydroxylation is 1. The van der Waals surface area contributed by atoms with Gasteiger partial charge >= 0.3 is 29.8 Å². The minimum absolute atomic E-state index is 0.0518. The Morgan fingerprint density at radius 2 is 1.29 bits per heavy atom. The number of ether oxygens (including phenoxy) is 4. The fourth-order valence-corrected chi connectivity index (χ4v) is 6.90. The number of piperazine rings is 1. The number of carbonyl (C=O) groups excluding carboxylic acids is 7. The van der Waals surface area contributed by atoms with Crippen LogP contribution in [0.3, 0.4) is 0 Å². The first-order valence-corrected chi connectivity index (χ1v) is 19.6. The lowest BCUT2D eigenvalue weighted by atomic mass is 10.1. The number of esters is 4. The number of rotatable bonds is 15. The van der Waals surface area contributed by atoms with E-state index in [1.165, 1.54) is 58.1 Å². The molecule has 0 saturated carbocycles. The third-order valence-electron chi connectivity index (χ3n) is 9.66. The number of amides is 3. The van der Waals surface area contributed by atoms with Crippen molar-refractivity contribution < 1.29 is 66.8 Å². The molecule has 3 amide bonds. The molecule has 5 rings (SSSR count). The Labute approximate surface area is 358 Å². The maximum absolute atomic E-state index is 15.6. The van der Waals surface area contributed by atoms with Crippen molar-refractivity contribution in [1.82, 2.24) is 20.1 Å². The van der Waals surface area contributed by atoms with Gasteiger partial charge in [0.2, 0.25) is 11.3 Å². The Bertz CT molecular complexity index is 2570.